The van der Waals surface area contributed by atoms with Gasteiger partial charge in [-0.1, -0.05) is 6.07 Å². The molecule has 2 saturated heterocycles. The summed E-state index contributed by atoms with van der Waals surface area (Å²) in [6.45, 7) is 2.61. The Labute approximate surface area is 182 Å². The molecular formula is C20H23F2N5O3S. The summed E-state index contributed by atoms with van der Waals surface area (Å²) in [5, 5.41) is 9.11. The Morgan fingerprint density at radius 1 is 1.23 bits per heavy atom. The van der Waals surface area contributed by atoms with E-state index < -0.39 is 29.8 Å². The average Bonchev–Trinajstić information content (AvgIpc) is 3.44. The van der Waals surface area contributed by atoms with Crippen LogP contribution in [-0.2, 0) is 4.74 Å². The summed E-state index contributed by atoms with van der Waals surface area (Å²) in [5.74, 6) is -2.03. The Morgan fingerprint density at radius 3 is 2.74 bits per heavy atom. The van der Waals surface area contributed by atoms with Crippen molar-refractivity contribution in [2.75, 3.05) is 37.7 Å². The molecular weight excluding hydrogens is 428 g/mol. The first-order chi connectivity index (χ1) is 15.0. The van der Waals surface area contributed by atoms with Crippen LogP contribution in [0.15, 0.2) is 29.8 Å². The number of rotatable bonds is 6. The van der Waals surface area contributed by atoms with Gasteiger partial charge < -0.3 is 20.3 Å². The molecule has 1 aromatic heterocycles. The van der Waals surface area contributed by atoms with Gasteiger partial charge in [-0.25, -0.2) is 28.3 Å². The molecule has 2 N–H and O–H groups in total. The van der Waals surface area contributed by atoms with E-state index in [1.807, 2.05) is 5.38 Å². The summed E-state index contributed by atoms with van der Waals surface area (Å²) in [6, 6.07) is 2.20. The minimum absolute atomic E-state index is 0.104. The third-order valence-corrected chi connectivity index (χ3v) is 6.27. The highest BCUT2D eigenvalue weighted by atomic mass is 32.1. The fourth-order valence-corrected chi connectivity index (χ4v) is 4.49. The van der Waals surface area contributed by atoms with Gasteiger partial charge in [0.1, 0.15) is 12.6 Å². The van der Waals surface area contributed by atoms with Gasteiger partial charge in [0.2, 0.25) is 0 Å². The topological polar surface area (TPSA) is 86.8 Å². The van der Waals surface area contributed by atoms with Gasteiger partial charge in [0.15, 0.2) is 16.8 Å². The van der Waals surface area contributed by atoms with Gasteiger partial charge in [0.25, 0.3) is 0 Å². The van der Waals surface area contributed by atoms with Crippen LogP contribution in [0.4, 0.5) is 23.5 Å². The fraction of sp³-hybridized carbons (Fsp3) is 0.450. The predicted octanol–water partition coefficient (Wildman–Crippen LogP) is 2.88. The zero-order valence-electron chi connectivity index (χ0n) is 16.7. The van der Waals surface area contributed by atoms with Gasteiger partial charge in [-0.3, -0.25) is 0 Å². The third kappa shape index (κ3) is 4.93. The number of hydrogen-bond acceptors (Lipinski definition) is 7. The zero-order chi connectivity index (χ0) is 21.8. The van der Waals surface area contributed by atoms with Crippen LogP contribution < -0.4 is 15.5 Å². The second kappa shape index (κ2) is 9.56. The van der Waals surface area contributed by atoms with E-state index in [1.165, 1.54) is 6.07 Å². The molecule has 1 atom stereocenters. The number of carbonyl (C=O) groups excluding carboxylic acids is 2. The number of piperidine rings is 1. The number of carbonyl (C=O) groups is 2. The predicted molar refractivity (Wildman–Crippen MR) is 111 cm³/mol. The van der Waals surface area contributed by atoms with Gasteiger partial charge in [0, 0.05) is 43.8 Å². The van der Waals surface area contributed by atoms with Crippen molar-refractivity contribution in [1.82, 2.24) is 20.5 Å². The number of urea groups is 1. The van der Waals surface area contributed by atoms with Crippen LogP contribution in [0.5, 0.6) is 0 Å². The lowest BCUT2D eigenvalue weighted by atomic mass is 10.1. The Balaban J connectivity index is 1.23. The molecule has 0 unspecified atom stereocenters. The number of cyclic esters (lactones) is 1. The van der Waals surface area contributed by atoms with Gasteiger partial charge in [-0.2, -0.15) is 0 Å². The fourth-order valence-electron chi connectivity index (χ4n) is 3.79. The number of ether oxygens (including phenoxy) is 1. The van der Waals surface area contributed by atoms with Crippen molar-refractivity contribution in [3.05, 3.63) is 47.0 Å². The molecule has 0 spiro atoms. The maximum Gasteiger partial charge on any atom is 0.418 e. The second-order valence-electron chi connectivity index (χ2n) is 7.40. The van der Waals surface area contributed by atoms with Crippen LogP contribution in [0.25, 0.3) is 0 Å². The van der Waals surface area contributed by atoms with Crippen LogP contribution >= 0.6 is 11.3 Å². The quantitative estimate of drug-likeness (QED) is 0.657. The number of anilines is 1. The lowest BCUT2D eigenvalue weighted by Gasteiger charge is -2.32. The summed E-state index contributed by atoms with van der Waals surface area (Å²) in [5.41, 5.74) is 0.296. The van der Waals surface area contributed by atoms with Gasteiger partial charge >= 0.3 is 12.1 Å². The second-order valence-corrected chi connectivity index (χ2v) is 8.27. The number of nitrogens with one attached hydrogen (secondary N) is 2. The lowest BCUT2D eigenvalue weighted by Crippen LogP contribution is -2.47. The third-order valence-electron chi connectivity index (χ3n) is 5.44. The van der Waals surface area contributed by atoms with E-state index in [2.05, 4.69) is 20.5 Å². The largest absolute Gasteiger partial charge is 0.446 e. The summed E-state index contributed by atoms with van der Waals surface area (Å²) >= 11 is 1.63. The first-order valence-corrected chi connectivity index (χ1v) is 11.0. The summed E-state index contributed by atoms with van der Waals surface area (Å²) < 4.78 is 31.7. The number of aromatic nitrogens is 1. The number of nitrogens with zero attached hydrogens (tertiary/aromatic N) is 3. The van der Waals surface area contributed by atoms with E-state index in [9.17, 15) is 18.4 Å². The molecule has 2 aromatic rings. The van der Waals surface area contributed by atoms with Gasteiger partial charge in [0.05, 0.1) is 0 Å². The highest BCUT2D eigenvalue weighted by Gasteiger charge is 2.39. The van der Waals surface area contributed by atoms with Crippen molar-refractivity contribution >= 4 is 28.6 Å². The van der Waals surface area contributed by atoms with Crippen LogP contribution in [0.2, 0.25) is 0 Å². The lowest BCUT2D eigenvalue weighted by molar-refractivity contribution is 0.158. The number of thiazole rings is 1. The van der Waals surface area contributed by atoms with Crippen molar-refractivity contribution in [3.8, 4) is 0 Å². The molecule has 1 aromatic carbocycles. The van der Waals surface area contributed by atoms with Gasteiger partial charge in [-0.05, 0) is 30.5 Å². The highest BCUT2D eigenvalue weighted by molar-refractivity contribution is 7.13. The van der Waals surface area contributed by atoms with E-state index in [0.29, 0.717) is 24.7 Å². The molecule has 11 heteroatoms. The molecule has 31 heavy (non-hydrogen) atoms. The molecule has 0 radical (unpaired) electrons. The minimum atomic E-state index is -1.04. The van der Waals surface area contributed by atoms with Crippen LogP contribution in [-0.4, -0.2) is 60.8 Å². The molecule has 2 fully saturated rings. The Kier molecular flexibility index (Phi) is 6.62. The number of imide groups is 1. The van der Waals surface area contributed by atoms with Crippen LogP contribution in [0, 0.1) is 11.6 Å². The Hall–Kier alpha value is -2.79. The van der Waals surface area contributed by atoms with E-state index in [4.69, 9.17) is 4.74 Å². The molecule has 166 valence electrons. The number of amides is 3. The van der Waals surface area contributed by atoms with Gasteiger partial charge in [-0.15, -0.1) is 11.3 Å². The molecule has 3 heterocycles. The summed E-state index contributed by atoms with van der Waals surface area (Å²) in [6.07, 6.45) is 2.95. The first kappa shape index (κ1) is 21.4. The Morgan fingerprint density at radius 2 is 2.03 bits per heavy atom. The molecule has 3 amide bonds. The monoisotopic (exact) mass is 451 g/mol. The molecule has 0 bridgehead atoms. The van der Waals surface area contributed by atoms with E-state index >= 15 is 0 Å². The number of hydrogen-bond donors (Lipinski definition) is 2. The van der Waals surface area contributed by atoms with Crippen molar-refractivity contribution in [2.24, 2.45) is 0 Å². The maximum atomic E-state index is 13.6. The van der Waals surface area contributed by atoms with Crippen molar-refractivity contribution in [2.45, 2.75) is 24.9 Å². The van der Waals surface area contributed by atoms with E-state index in [1.54, 1.807) is 17.5 Å². The van der Waals surface area contributed by atoms with Crippen molar-refractivity contribution < 1.29 is 23.1 Å². The first-order valence-electron chi connectivity index (χ1n) is 10.1. The van der Waals surface area contributed by atoms with E-state index in [-0.39, 0.29) is 6.61 Å². The highest BCUT2D eigenvalue weighted by Crippen LogP contribution is 2.28. The molecule has 2 aliphatic rings. The SMILES string of the molecule is O=C(NCCNC1CCN(c2nccs2)CC1)N1C(=O)OC[C@@H]1c1ccc(F)c(F)c1. The number of benzene rings is 1. The molecule has 2 aliphatic heterocycles. The van der Waals surface area contributed by atoms with E-state index in [0.717, 1.165) is 48.1 Å². The minimum Gasteiger partial charge on any atom is -0.446 e. The summed E-state index contributed by atoms with van der Waals surface area (Å²) in [7, 11) is 0. The zero-order valence-corrected chi connectivity index (χ0v) is 17.5. The van der Waals surface area contributed by atoms with Crippen molar-refractivity contribution in [3.63, 3.8) is 0 Å². The Bertz CT molecular complexity index is 922. The van der Waals surface area contributed by atoms with Crippen molar-refractivity contribution in [1.29, 1.82) is 0 Å². The van der Waals surface area contributed by atoms with Crippen LogP contribution in [0.3, 0.4) is 0 Å². The molecule has 4 rings (SSSR count). The summed E-state index contributed by atoms with van der Waals surface area (Å²) in [4.78, 5) is 32.0. The average molecular weight is 451 g/mol. The molecule has 8 nitrogen and oxygen atoms in total. The number of halogens is 2. The van der Waals surface area contributed by atoms with Crippen LogP contribution in [0.1, 0.15) is 24.4 Å². The standard InChI is InChI=1S/C20H23F2N5O3S/c21-15-2-1-13(11-16(15)22)17-12-30-20(29)27(17)18(28)24-6-5-23-14-3-8-26(9-4-14)19-25-7-10-31-19/h1-2,7,10-11,14,17,23H,3-6,8-9,12H2,(H,24,28)/t17-/m1/s1. The normalized spacial score (nSPS) is 19.5. The maximum absolute atomic E-state index is 13.6. The molecule has 0 saturated carbocycles. The molecule has 0 aliphatic carbocycles. The smallest absolute Gasteiger partial charge is 0.418 e.